The fourth-order valence-electron chi connectivity index (χ4n) is 5.92. The number of benzene rings is 1. The average molecular weight is 624 g/mol. The summed E-state index contributed by atoms with van der Waals surface area (Å²) in [5.41, 5.74) is 10.2. The summed E-state index contributed by atoms with van der Waals surface area (Å²) >= 11 is 2.51. The van der Waals surface area contributed by atoms with Crippen LogP contribution in [0.4, 0.5) is 5.82 Å². The van der Waals surface area contributed by atoms with Gasteiger partial charge in [-0.25, -0.2) is 4.98 Å². The molecule has 1 aliphatic heterocycles. The summed E-state index contributed by atoms with van der Waals surface area (Å²) < 4.78 is 2.18. The number of carbonyl (C=O) groups excluding carboxylic acids is 1. The molecule has 5 rings (SSSR count). The minimum absolute atomic E-state index is 0.230. The van der Waals surface area contributed by atoms with Gasteiger partial charge in [-0.15, -0.1) is 0 Å². The van der Waals surface area contributed by atoms with Gasteiger partial charge in [-0.05, 0) is 73.4 Å². The molecule has 1 amide bonds. The molecule has 38 heavy (non-hydrogen) atoms. The monoisotopic (exact) mass is 623 g/mol. The van der Waals surface area contributed by atoms with Gasteiger partial charge < -0.3 is 10.6 Å². The highest BCUT2D eigenvalue weighted by atomic mass is 127. The molecule has 1 saturated carbocycles. The number of hydrogen-bond acceptors (Lipinski definition) is 4. The van der Waals surface area contributed by atoms with Crippen LogP contribution in [0.25, 0.3) is 5.82 Å². The second-order valence-electron chi connectivity index (χ2n) is 10.5. The minimum Gasteiger partial charge on any atom is -0.385 e. The number of nitrogens with two attached hydrogens (primary N) is 1. The Morgan fingerprint density at radius 1 is 1.05 bits per heavy atom. The Morgan fingerprint density at radius 2 is 1.79 bits per heavy atom. The molecule has 2 fully saturated rings. The average Bonchev–Trinajstić information content (AvgIpc) is 3.37. The Bertz CT molecular complexity index is 1220. The predicted octanol–water partition coefficient (Wildman–Crippen LogP) is 6.12. The lowest BCUT2D eigenvalue weighted by Crippen LogP contribution is -2.52. The van der Waals surface area contributed by atoms with Crippen molar-refractivity contribution in [2.24, 2.45) is 0 Å². The summed E-state index contributed by atoms with van der Waals surface area (Å²) in [6.45, 7) is 5.72. The van der Waals surface area contributed by atoms with Crippen molar-refractivity contribution in [3.8, 4) is 5.82 Å². The van der Waals surface area contributed by atoms with Gasteiger partial charge in [-0.2, -0.15) is 0 Å². The molecule has 200 valence electrons. The highest BCUT2D eigenvalue weighted by molar-refractivity contribution is 14.1. The van der Waals surface area contributed by atoms with Gasteiger partial charge >= 0.3 is 0 Å². The highest BCUT2D eigenvalue weighted by Gasteiger charge is 2.30. The fourth-order valence-corrected chi connectivity index (χ4v) is 6.68. The van der Waals surface area contributed by atoms with Crippen LogP contribution in [0.2, 0.25) is 0 Å². The number of rotatable bonds is 7. The third-order valence-electron chi connectivity index (χ3n) is 8.17. The van der Waals surface area contributed by atoms with Gasteiger partial charge in [0.1, 0.15) is 11.6 Å². The third kappa shape index (κ3) is 6.15. The lowest BCUT2D eigenvalue weighted by atomic mass is 9.81. The van der Waals surface area contributed by atoms with Gasteiger partial charge in [0, 0.05) is 51.0 Å². The summed E-state index contributed by atoms with van der Waals surface area (Å²) in [6.07, 6.45) is 13.3. The Kier molecular flexibility index (Phi) is 8.84. The zero-order chi connectivity index (χ0) is 26.5. The Morgan fingerprint density at radius 3 is 2.45 bits per heavy atom. The largest absolute Gasteiger partial charge is 0.385 e. The molecule has 2 N–H and O–H groups in total. The summed E-state index contributed by atoms with van der Waals surface area (Å²) in [7, 11) is 0. The number of hydrogen-bond donors (Lipinski definition) is 1. The molecule has 0 bridgehead atoms. The number of nitrogen functional groups attached to an aromatic ring is 1. The Balaban J connectivity index is 1.14. The van der Waals surface area contributed by atoms with Crippen molar-refractivity contribution in [1.29, 1.82) is 0 Å². The van der Waals surface area contributed by atoms with Gasteiger partial charge in [-0.3, -0.25) is 14.3 Å². The second-order valence-corrected chi connectivity index (χ2v) is 11.7. The predicted molar refractivity (Wildman–Crippen MR) is 163 cm³/mol. The lowest BCUT2D eigenvalue weighted by Gasteiger charge is -2.42. The number of aromatic nitrogens is 2. The molecule has 2 aromatic heterocycles. The van der Waals surface area contributed by atoms with E-state index in [-0.39, 0.29) is 9.83 Å². The van der Waals surface area contributed by atoms with Crippen molar-refractivity contribution < 1.29 is 4.79 Å². The molecular weight excluding hydrogens is 585 g/mol. The number of alkyl halides is 1. The normalized spacial score (nSPS) is 21.6. The van der Waals surface area contributed by atoms with E-state index in [1.807, 2.05) is 46.7 Å². The first-order valence-electron chi connectivity index (χ1n) is 13.8. The quantitative estimate of drug-likeness (QED) is 0.196. The molecule has 1 saturated heterocycles. The van der Waals surface area contributed by atoms with Crippen LogP contribution in [-0.4, -0.2) is 57.5 Å². The summed E-state index contributed by atoms with van der Waals surface area (Å²) in [4.78, 5) is 21.4. The van der Waals surface area contributed by atoms with E-state index in [4.69, 9.17) is 5.73 Å². The van der Waals surface area contributed by atoms with E-state index in [9.17, 15) is 4.79 Å². The maximum atomic E-state index is 12.3. The van der Waals surface area contributed by atoms with Crippen LogP contribution < -0.4 is 5.73 Å². The number of allylic oxidation sites excluding steroid dienone is 1. The van der Waals surface area contributed by atoms with E-state index in [2.05, 4.69) is 69.0 Å². The second kappa shape index (κ2) is 12.5. The Labute approximate surface area is 240 Å². The van der Waals surface area contributed by atoms with Crippen molar-refractivity contribution >= 4 is 34.3 Å². The number of amides is 1. The van der Waals surface area contributed by atoms with Crippen molar-refractivity contribution in [2.75, 3.05) is 31.9 Å². The standard InChI is InChI=1S/C31H38IN5O/c1-2-3-7-30(38)36-19-17-35(18-20-36)27-14-12-24(13-15-27)23-8-10-25(11-9-23)31(32)26-21-28(33)37(22-26)29-6-4-5-16-34-29/h2-6,8-11,16,21-22,24,27,31H,7,12-15,17-20,33H2,1H3/b3-2+. The molecular formula is C31H38IN5O. The summed E-state index contributed by atoms with van der Waals surface area (Å²) in [5.74, 6) is 2.44. The smallest absolute Gasteiger partial charge is 0.226 e. The summed E-state index contributed by atoms with van der Waals surface area (Å²) in [5, 5.41) is 0. The number of anilines is 1. The van der Waals surface area contributed by atoms with Gasteiger partial charge in [0.15, 0.2) is 0 Å². The van der Waals surface area contributed by atoms with Gasteiger partial charge in [0.25, 0.3) is 0 Å². The maximum absolute atomic E-state index is 12.3. The van der Waals surface area contributed by atoms with Crippen LogP contribution in [0.1, 0.15) is 65.6 Å². The molecule has 0 spiro atoms. The Hall–Kier alpha value is -2.65. The number of pyridine rings is 1. The van der Waals surface area contributed by atoms with Crippen LogP contribution in [0.5, 0.6) is 0 Å². The number of halogens is 1. The van der Waals surface area contributed by atoms with Crippen LogP contribution in [0.15, 0.2) is 73.1 Å². The SMILES string of the molecule is C/C=C/CC(=O)N1CCN(C2CCC(c3ccc(C(I)c4cc(N)n(-c5ccccn5)c4)cc3)CC2)CC1. The van der Waals surface area contributed by atoms with E-state index >= 15 is 0 Å². The maximum Gasteiger partial charge on any atom is 0.226 e. The fraction of sp³-hybridized carbons (Fsp3) is 0.419. The number of piperazine rings is 1. The first-order valence-corrected chi connectivity index (χ1v) is 15.0. The molecule has 3 aromatic rings. The molecule has 1 unspecified atom stereocenters. The molecule has 0 radical (unpaired) electrons. The zero-order valence-corrected chi connectivity index (χ0v) is 24.3. The molecule has 6 nitrogen and oxygen atoms in total. The summed E-state index contributed by atoms with van der Waals surface area (Å²) in [6, 6.07) is 17.8. The van der Waals surface area contributed by atoms with Crippen molar-refractivity contribution in [1.82, 2.24) is 19.4 Å². The third-order valence-corrected chi connectivity index (χ3v) is 9.61. The van der Waals surface area contributed by atoms with E-state index in [0.29, 0.717) is 24.2 Å². The van der Waals surface area contributed by atoms with E-state index in [0.717, 1.165) is 32.0 Å². The first-order chi connectivity index (χ1) is 18.5. The van der Waals surface area contributed by atoms with Gasteiger partial charge in [-0.1, -0.05) is 65.1 Å². The van der Waals surface area contributed by atoms with E-state index in [1.165, 1.54) is 42.4 Å². The first kappa shape index (κ1) is 26.9. The number of nitrogens with zero attached hydrogens (tertiary/aromatic N) is 4. The lowest BCUT2D eigenvalue weighted by molar-refractivity contribution is -0.132. The molecule has 1 aromatic carbocycles. The highest BCUT2D eigenvalue weighted by Crippen LogP contribution is 2.38. The van der Waals surface area contributed by atoms with Gasteiger partial charge in [0.2, 0.25) is 5.91 Å². The van der Waals surface area contributed by atoms with E-state index in [1.54, 1.807) is 6.20 Å². The van der Waals surface area contributed by atoms with Crippen LogP contribution in [0, 0.1) is 0 Å². The molecule has 3 heterocycles. The number of carbonyl (C=O) groups is 1. The van der Waals surface area contributed by atoms with Gasteiger partial charge in [0.05, 0.1) is 3.92 Å². The molecule has 2 aliphatic rings. The topological polar surface area (TPSA) is 67.4 Å². The molecule has 1 atom stereocenters. The minimum atomic E-state index is 0.230. The zero-order valence-electron chi connectivity index (χ0n) is 22.2. The van der Waals surface area contributed by atoms with Crippen molar-refractivity contribution in [3.05, 3.63) is 89.8 Å². The molecule has 7 heteroatoms. The molecule has 1 aliphatic carbocycles. The van der Waals surface area contributed by atoms with E-state index < -0.39 is 0 Å². The van der Waals surface area contributed by atoms with Crippen LogP contribution >= 0.6 is 22.6 Å². The van der Waals surface area contributed by atoms with Crippen LogP contribution in [-0.2, 0) is 4.79 Å². The van der Waals surface area contributed by atoms with Crippen molar-refractivity contribution in [2.45, 2.75) is 54.9 Å². The van der Waals surface area contributed by atoms with Crippen LogP contribution in [0.3, 0.4) is 0 Å². The van der Waals surface area contributed by atoms with Crippen molar-refractivity contribution in [3.63, 3.8) is 0 Å².